The number of hydrogen-bond donors (Lipinski definition) is 4. The Bertz CT molecular complexity index is 1790. The van der Waals surface area contributed by atoms with E-state index in [0.29, 0.717) is 17.1 Å². The first-order chi connectivity index (χ1) is 19.6. The molecule has 2 heterocycles. The van der Waals surface area contributed by atoms with E-state index in [1.807, 2.05) is 5.32 Å². The standard InChI is InChI=1S/C25H24F3N5O7S2/c1-13(34)29-15-5-7-16(8-6-15)42(37,38)32-24(25(26,27)28)19-20(30-22(24)36)33(23(41)31-21(19)35)11-10-14-4-9-17(39-2)18(12-14)40-3/h4-9,12,32H,10-11H2,1-3H3,(H,29,34)(H,30,36)(H,31,35,41)/t24-/m0/s1. The summed E-state index contributed by atoms with van der Waals surface area (Å²) in [5.74, 6) is -2.06. The zero-order valence-corrected chi connectivity index (χ0v) is 23.8. The van der Waals surface area contributed by atoms with Crippen LogP contribution in [0, 0.1) is 4.77 Å². The van der Waals surface area contributed by atoms with Crippen molar-refractivity contribution >= 4 is 45.6 Å². The summed E-state index contributed by atoms with van der Waals surface area (Å²) in [6.07, 6.45) is -5.45. The van der Waals surface area contributed by atoms with Crippen molar-refractivity contribution < 1.29 is 40.7 Å². The van der Waals surface area contributed by atoms with E-state index in [2.05, 4.69) is 10.3 Å². The first kappa shape index (κ1) is 30.7. The Balaban J connectivity index is 1.78. The summed E-state index contributed by atoms with van der Waals surface area (Å²) in [5, 5.41) is 4.42. The Morgan fingerprint density at radius 1 is 1.07 bits per heavy atom. The molecular formula is C25H24F3N5O7S2. The average molecular weight is 628 g/mol. The lowest BCUT2D eigenvalue weighted by Gasteiger charge is -2.29. The van der Waals surface area contributed by atoms with Crippen molar-refractivity contribution in [2.24, 2.45) is 0 Å². The molecular weight excluding hydrogens is 603 g/mol. The lowest BCUT2D eigenvalue weighted by Crippen LogP contribution is -2.61. The molecule has 17 heteroatoms. The van der Waals surface area contributed by atoms with Crippen molar-refractivity contribution in [2.75, 3.05) is 24.9 Å². The predicted molar refractivity (Wildman–Crippen MR) is 147 cm³/mol. The number of benzene rings is 2. The molecule has 0 bridgehead atoms. The minimum absolute atomic E-state index is 0.112. The van der Waals surface area contributed by atoms with Crippen LogP contribution >= 0.6 is 12.2 Å². The molecule has 224 valence electrons. The van der Waals surface area contributed by atoms with Gasteiger partial charge in [0.2, 0.25) is 21.5 Å². The van der Waals surface area contributed by atoms with E-state index >= 15 is 0 Å². The molecule has 4 rings (SSSR count). The second kappa shape index (κ2) is 11.2. The fraction of sp³-hybridized carbons (Fsp3) is 0.280. The van der Waals surface area contributed by atoms with Gasteiger partial charge in [0.15, 0.2) is 16.3 Å². The van der Waals surface area contributed by atoms with Gasteiger partial charge in [0.25, 0.3) is 11.5 Å². The van der Waals surface area contributed by atoms with Gasteiger partial charge in [0.05, 0.1) is 24.7 Å². The highest BCUT2D eigenvalue weighted by Crippen LogP contribution is 2.46. The topological polar surface area (TPSA) is 161 Å². The summed E-state index contributed by atoms with van der Waals surface area (Å²) in [6, 6.07) is 9.11. The van der Waals surface area contributed by atoms with Gasteiger partial charge >= 0.3 is 6.18 Å². The number of aromatic nitrogens is 2. The van der Waals surface area contributed by atoms with E-state index in [1.54, 1.807) is 18.2 Å². The third kappa shape index (κ3) is 5.49. The van der Waals surface area contributed by atoms with Crippen LogP contribution in [0.3, 0.4) is 0 Å². The summed E-state index contributed by atoms with van der Waals surface area (Å²) in [6.45, 7) is 1.10. The van der Waals surface area contributed by atoms with Crippen LogP contribution in [0.25, 0.3) is 0 Å². The van der Waals surface area contributed by atoms with E-state index in [0.717, 1.165) is 28.8 Å². The van der Waals surface area contributed by atoms with Gasteiger partial charge in [-0.3, -0.25) is 19.4 Å². The average Bonchev–Trinajstić information content (AvgIpc) is 3.20. The van der Waals surface area contributed by atoms with Gasteiger partial charge < -0.3 is 24.7 Å². The van der Waals surface area contributed by atoms with Crippen molar-refractivity contribution in [3.05, 3.63) is 68.7 Å². The number of carbonyl (C=O) groups excluding carboxylic acids is 2. The number of hydrogen-bond acceptors (Lipinski definition) is 8. The number of H-pyrrole nitrogens is 1. The normalized spacial score (nSPS) is 16.5. The van der Waals surface area contributed by atoms with Crippen molar-refractivity contribution in [3.63, 3.8) is 0 Å². The number of fused-ring (bicyclic) bond motifs is 1. The number of methoxy groups -OCH3 is 2. The Morgan fingerprint density at radius 3 is 2.29 bits per heavy atom. The van der Waals surface area contributed by atoms with E-state index in [1.165, 1.54) is 25.9 Å². The molecule has 0 saturated heterocycles. The second-order valence-corrected chi connectivity index (χ2v) is 11.2. The summed E-state index contributed by atoms with van der Waals surface area (Å²) in [4.78, 5) is 38.8. The highest BCUT2D eigenvalue weighted by molar-refractivity contribution is 7.89. The third-order valence-corrected chi connectivity index (χ3v) is 8.21. The number of aryl methyl sites for hydroxylation is 1. The lowest BCUT2D eigenvalue weighted by atomic mass is 9.93. The van der Waals surface area contributed by atoms with Crippen LogP contribution in [0.15, 0.2) is 52.2 Å². The predicted octanol–water partition coefficient (Wildman–Crippen LogP) is 2.81. The van der Waals surface area contributed by atoms with Crippen LogP contribution in [-0.4, -0.2) is 50.2 Å². The summed E-state index contributed by atoms with van der Waals surface area (Å²) in [7, 11) is -2.20. The van der Waals surface area contributed by atoms with Crippen LogP contribution in [0.5, 0.6) is 11.5 Å². The highest BCUT2D eigenvalue weighted by Gasteiger charge is 2.69. The number of ether oxygens (including phenoxy) is 2. The molecule has 0 unspecified atom stereocenters. The van der Waals surface area contributed by atoms with Gasteiger partial charge in [-0.05, 0) is 60.6 Å². The van der Waals surface area contributed by atoms with E-state index in [4.69, 9.17) is 21.7 Å². The quantitative estimate of drug-likeness (QED) is 0.264. The maximum atomic E-state index is 14.8. The first-order valence-electron chi connectivity index (χ1n) is 12.0. The molecule has 0 aliphatic carbocycles. The smallest absolute Gasteiger partial charge is 0.421 e. The number of sulfonamides is 1. The number of nitrogens with zero attached hydrogens (tertiary/aromatic N) is 1. The molecule has 3 aromatic rings. The Labute approximate surface area is 241 Å². The van der Waals surface area contributed by atoms with E-state index in [9.17, 15) is 36.0 Å². The Morgan fingerprint density at radius 2 is 1.71 bits per heavy atom. The molecule has 0 radical (unpaired) electrons. The number of nitrogens with one attached hydrogen (secondary N) is 4. The molecule has 2 aromatic carbocycles. The Hall–Kier alpha value is -4.22. The monoisotopic (exact) mass is 627 g/mol. The Kier molecular flexibility index (Phi) is 8.21. The number of amides is 2. The van der Waals surface area contributed by atoms with E-state index < -0.39 is 55.4 Å². The molecule has 1 aliphatic heterocycles. The highest BCUT2D eigenvalue weighted by atomic mass is 32.2. The molecule has 1 aromatic heterocycles. The number of carbonyl (C=O) groups is 2. The molecule has 12 nitrogen and oxygen atoms in total. The van der Waals surface area contributed by atoms with Gasteiger partial charge in [-0.25, -0.2) is 8.42 Å². The molecule has 1 aliphatic rings. The summed E-state index contributed by atoms with van der Waals surface area (Å²) >= 11 is 5.18. The van der Waals surface area contributed by atoms with Gasteiger partial charge in [-0.15, -0.1) is 0 Å². The SMILES string of the molecule is COc1ccc(CCn2c3c(c(=O)[nH]c2=S)[C@@](NS(=O)(=O)c2ccc(NC(C)=O)cc2)(C(F)(F)F)C(=O)N3)cc1OC. The molecule has 1 atom stereocenters. The van der Waals surface area contributed by atoms with Crippen LogP contribution < -0.4 is 30.4 Å². The van der Waals surface area contributed by atoms with Gasteiger partial charge in [0.1, 0.15) is 5.82 Å². The fourth-order valence-corrected chi connectivity index (χ4v) is 6.06. The minimum atomic E-state index is -5.61. The number of alkyl halides is 3. The largest absolute Gasteiger partial charge is 0.493 e. The summed E-state index contributed by atoms with van der Waals surface area (Å²) in [5.41, 5.74) is -5.76. The molecule has 0 saturated carbocycles. The molecule has 4 N–H and O–H groups in total. The van der Waals surface area contributed by atoms with Crippen LogP contribution in [0.4, 0.5) is 24.7 Å². The van der Waals surface area contributed by atoms with Crippen LogP contribution in [-0.2, 0) is 38.1 Å². The summed E-state index contributed by atoms with van der Waals surface area (Å²) < 4.78 is 83.3. The van der Waals surface area contributed by atoms with Crippen molar-refractivity contribution in [1.29, 1.82) is 0 Å². The zero-order valence-electron chi connectivity index (χ0n) is 22.2. The number of rotatable bonds is 9. The molecule has 0 fully saturated rings. The van der Waals surface area contributed by atoms with Gasteiger partial charge in [-0.2, -0.15) is 17.9 Å². The van der Waals surface area contributed by atoms with Crippen molar-refractivity contribution in [3.8, 4) is 11.5 Å². The van der Waals surface area contributed by atoms with Crippen molar-refractivity contribution in [2.45, 2.75) is 36.5 Å². The molecule has 2 amide bonds. The van der Waals surface area contributed by atoms with Crippen molar-refractivity contribution in [1.82, 2.24) is 14.3 Å². The third-order valence-electron chi connectivity index (χ3n) is 6.42. The minimum Gasteiger partial charge on any atom is -0.493 e. The maximum Gasteiger partial charge on any atom is 0.421 e. The lowest BCUT2D eigenvalue weighted by molar-refractivity contribution is -0.194. The molecule has 0 spiro atoms. The molecule has 42 heavy (non-hydrogen) atoms. The number of aromatic amines is 1. The van der Waals surface area contributed by atoms with Gasteiger partial charge in [0, 0.05) is 19.2 Å². The number of halogens is 3. The van der Waals surface area contributed by atoms with Crippen LogP contribution in [0.1, 0.15) is 18.1 Å². The number of anilines is 2. The van der Waals surface area contributed by atoms with Crippen LogP contribution in [0.2, 0.25) is 0 Å². The fourth-order valence-electron chi connectivity index (χ4n) is 4.46. The maximum absolute atomic E-state index is 14.8. The first-order valence-corrected chi connectivity index (χ1v) is 13.9. The zero-order chi connectivity index (χ0) is 31.0. The van der Waals surface area contributed by atoms with E-state index in [-0.39, 0.29) is 23.4 Å². The second-order valence-electron chi connectivity index (χ2n) is 9.09. The van der Waals surface area contributed by atoms with Gasteiger partial charge in [-0.1, -0.05) is 6.07 Å².